The van der Waals surface area contributed by atoms with Gasteiger partial charge in [0.1, 0.15) is 6.54 Å². The van der Waals surface area contributed by atoms with Crippen LogP contribution in [0.25, 0.3) is 0 Å². The molecule has 0 unspecified atom stereocenters. The number of fused-ring (bicyclic) bond motifs is 1. The Kier molecular flexibility index (Phi) is 8.65. The number of carboxylic acids is 1. The molecule has 3 aromatic rings. The average Bonchev–Trinajstić information content (AvgIpc) is 3.00. The van der Waals surface area contributed by atoms with Crippen molar-refractivity contribution in [2.24, 2.45) is 0 Å². The SMILES string of the molecule is CN1C(=O)CN(CCC(=O)O)C(=O)c2cc(NC(=O)Cc3ccc(NC(=O)Nc4ccccc4Cl)cc3)ccc21. The van der Waals surface area contributed by atoms with Gasteiger partial charge in [-0.25, -0.2) is 4.79 Å². The van der Waals surface area contributed by atoms with Gasteiger partial charge in [-0.2, -0.15) is 0 Å². The minimum Gasteiger partial charge on any atom is -0.481 e. The topological polar surface area (TPSA) is 148 Å². The molecule has 0 radical (unpaired) electrons. The lowest BCUT2D eigenvalue weighted by molar-refractivity contribution is -0.137. The highest BCUT2D eigenvalue weighted by molar-refractivity contribution is 6.33. The first-order valence-electron chi connectivity index (χ1n) is 12.2. The van der Waals surface area contributed by atoms with Gasteiger partial charge in [0.05, 0.1) is 34.8 Å². The van der Waals surface area contributed by atoms with Crippen LogP contribution < -0.4 is 20.9 Å². The van der Waals surface area contributed by atoms with E-state index in [4.69, 9.17) is 16.7 Å². The van der Waals surface area contributed by atoms with Crippen molar-refractivity contribution in [3.8, 4) is 0 Å². The van der Waals surface area contributed by atoms with Crippen molar-refractivity contribution in [1.82, 2.24) is 4.90 Å². The smallest absolute Gasteiger partial charge is 0.323 e. The molecule has 3 aromatic carbocycles. The van der Waals surface area contributed by atoms with Crippen LogP contribution in [0.15, 0.2) is 66.7 Å². The number of nitrogens with zero attached hydrogens (tertiary/aromatic N) is 2. The molecule has 4 N–H and O–H groups in total. The highest BCUT2D eigenvalue weighted by atomic mass is 35.5. The Hall–Kier alpha value is -4.90. The van der Waals surface area contributed by atoms with E-state index in [9.17, 15) is 24.0 Å². The maximum Gasteiger partial charge on any atom is 0.323 e. The number of hydrogen-bond donors (Lipinski definition) is 4. The van der Waals surface area contributed by atoms with E-state index >= 15 is 0 Å². The lowest BCUT2D eigenvalue weighted by atomic mass is 10.1. The minimum absolute atomic E-state index is 0.0280. The van der Waals surface area contributed by atoms with Gasteiger partial charge in [0, 0.05) is 25.0 Å². The highest BCUT2D eigenvalue weighted by Crippen LogP contribution is 2.28. The van der Waals surface area contributed by atoms with E-state index in [2.05, 4.69) is 16.0 Å². The number of nitrogens with one attached hydrogen (secondary N) is 3. The highest BCUT2D eigenvalue weighted by Gasteiger charge is 2.30. The maximum absolute atomic E-state index is 13.1. The Balaban J connectivity index is 1.38. The summed E-state index contributed by atoms with van der Waals surface area (Å²) < 4.78 is 0. The number of hydrogen-bond acceptors (Lipinski definition) is 5. The molecule has 1 heterocycles. The van der Waals surface area contributed by atoms with E-state index in [1.807, 2.05) is 0 Å². The fourth-order valence-corrected chi connectivity index (χ4v) is 4.26. The number of likely N-dealkylation sites (N-methyl/N-ethyl adjacent to an activating group) is 1. The van der Waals surface area contributed by atoms with Gasteiger partial charge >= 0.3 is 12.0 Å². The van der Waals surface area contributed by atoms with Crippen molar-refractivity contribution in [3.05, 3.63) is 82.9 Å². The molecule has 4 rings (SSSR count). The molecular weight excluding hydrogens is 538 g/mol. The molecule has 0 fully saturated rings. The van der Waals surface area contributed by atoms with Crippen molar-refractivity contribution in [2.45, 2.75) is 12.8 Å². The number of para-hydroxylation sites is 1. The fraction of sp³-hybridized carbons (Fsp3) is 0.179. The lowest BCUT2D eigenvalue weighted by Crippen LogP contribution is -2.38. The summed E-state index contributed by atoms with van der Waals surface area (Å²) in [6, 6.07) is 17.7. The average molecular weight is 564 g/mol. The molecule has 0 spiro atoms. The van der Waals surface area contributed by atoms with Crippen molar-refractivity contribution < 1.29 is 29.1 Å². The van der Waals surface area contributed by atoms with Crippen LogP contribution in [0, 0.1) is 0 Å². The molecule has 5 amide bonds. The Morgan fingerprint density at radius 2 is 1.62 bits per heavy atom. The molecule has 0 aromatic heterocycles. The number of carboxylic acid groups (broad SMARTS) is 1. The van der Waals surface area contributed by atoms with Crippen molar-refractivity contribution >= 4 is 64.1 Å². The van der Waals surface area contributed by atoms with E-state index in [1.165, 1.54) is 22.9 Å². The molecule has 40 heavy (non-hydrogen) atoms. The number of anilines is 4. The number of benzene rings is 3. The third-order valence-electron chi connectivity index (χ3n) is 6.15. The van der Waals surface area contributed by atoms with E-state index in [-0.39, 0.29) is 43.3 Å². The van der Waals surface area contributed by atoms with E-state index < -0.39 is 17.9 Å². The Labute approximate surface area is 234 Å². The lowest BCUT2D eigenvalue weighted by Gasteiger charge is -2.19. The van der Waals surface area contributed by atoms with Gasteiger partial charge in [0.15, 0.2) is 0 Å². The summed E-state index contributed by atoms with van der Waals surface area (Å²) in [7, 11) is 1.53. The van der Waals surface area contributed by atoms with Crippen LogP contribution in [-0.4, -0.2) is 59.9 Å². The molecule has 0 atom stereocenters. The van der Waals surface area contributed by atoms with Crippen molar-refractivity contribution in [3.63, 3.8) is 0 Å². The number of rotatable bonds is 8. The molecule has 1 aliphatic heterocycles. The summed E-state index contributed by atoms with van der Waals surface area (Å²) in [5.74, 6) is -2.27. The van der Waals surface area contributed by atoms with E-state index in [0.29, 0.717) is 33.3 Å². The van der Waals surface area contributed by atoms with Gasteiger partial charge in [0.2, 0.25) is 11.8 Å². The predicted octanol–water partition coefficient (Wildman–Crippen LogP) is 4.06. The van der Waals surface area contributed by atoms with Crippen molar-refractivity contribution in [2.75, 3.05) is 41.0 Å². The molecule has 0 bridgehead atoms. The monoisotopic (exact) mass is 563 g/mol. The molecule has 11 nitrogen and oxygen atoms in total. The summed E-state index contributed by atoms with van der Waals surface area (Å²) in [5.41, 5.74) is 2.58. The maximum atomic E-state index is 13.1. The number of halogens is 1. The predicted molar refractivity (Wildman–Crippen MR) is 151 cm³/mol. The zero-order valence-corrected chi connectivity index (χ0v) is 22.2. The number of aliphatic carboxylic acids is 1. The van der Waals surface area contributed by atoms with E-state index in [1.54, 1.807) is 60.7 Å². The van der Waals surface area contributed by atoms with Gasteiger partial charge in [-0.3, -0.25) is 19.2 Å². The standard InChI is InChI=1S/C28H26ClN5O6/c1-33-23-11-10-19(15-20(23)27(39)34(16-25(33)36)13-12-26(37)38)30-24(35)14-17-6-8-18(9-7-17)31-28(40)32-22-5-3-2-4-21(22)29/h2-11,15H,12-14,16H2,1H3,(H,30,35)(H,37,38)(H2,31,32,40). The van der Waals surface area contributed by atoms with Crippen LogP contribution in [0.2, 0.25) is 5.02 Å². The summed E-state index contributed by atoms with van der Waals surface area (Å²) in [4.78, 5) is 64.1. The summed E-state index contributed by atoms with van der Waals surface area (Å²) in [6.45, 7) is -0.359. The van der Waals surface area contributed by atoms with Crippen LogP contribution >= 0.6 is 11.6 Å². The second-order valence-electron chi connectivity index (χ2n) is 9.04. The van der Waals surface area contributed by atoms with Gasteiger partial charge < -0.3 is 30.9 Å². The first kappa shape index (κ1) is 28.1. The summed E-state index contributed by atoms with van der Waals surface area (Å²) in [6.07, 6.45) is -0.269. The molecule has 0 saturated heterocycles. The first-order valence-corrected chi connectivity index (χ1v) is 12.6. The van der Waals surface area contributed by atoms with Gasteiger partial charge in [-0.05, 0) is 48.0 Å². The Morgan fingerprint density at radius 3 is 2.33 bits per heavy atom. The first-order chi connectivity index (χ1) is 19.1. The minimum atomic E-state index is -1.08. The van der Waals surface area contributed by atoms with E-state index in [0.717, 1.165) is 0 Å². The quantitative estimate of drug-likeness (QED) is 0.325. The molecule has 0 saturated carbocycles. The molecule has 12 heteroatoms. The number of carbonyl (C=O) groups excluding carboxylic acids is 4. The Bertz CT molecular complexity index is 1480. The second-order valence-corrected chi connectivity index (χ2v) is 9.44. The summed E-state index contributed by atoms with van der Waals surface area (Å²) in [5, 5.41) is 17.5. The molecule has 1 aliphatic rings. The van der Waals surface area contributed by atoms with Gasteiger partial charge in [-0.15, -0.1) is 0 Å². The van der Waals surface area contributed by atoms with Crippen molar-refractivity contribution in [1.29, 1.82) is 0 Å². The zero-order valence-electron chi connectivity index (χ0n) is 21.4. The van der Waals surface area contributed by atoms with Crippen LogP contribution in [0.3, 0.4) is 0 Å². The fourth-order valence-electron chi connectivity index (χ4n) is 4.08. The number of urea groups is 1. The van der Waals surface area contributed by atoms with Gasteiger partial charge in [0.25, 0.3) is 5.91 Å². The van der Waals surface area contributed by atoms with Gasteiger partial charge in [-0.1, -0.05) is 35.9 Å². The third kappa shape index (κ3) is 6.94. The molecule has 0 aliphatic carbocycles. The molecule has 206 valence electrons. The second kappa shape index (κ2) is 12.3. The normalized spacial score (nSPS) is 12.8. The van der Waals surface area contributed by atoms with Crippen LogP contribution in [0.5, 0.6) is 0 Å². The third-order valence-corrected chi connectivity index (χ3v) is 6.48. The number of carbonyl (C=O) groups is 5. The zero-order chi connectivity index (χ0) is 28.8. The Morgan fingerprint density at radius 1 is 0.925 bits per heavy atom. The number of amides is 5. The van der Waals surface area contributed by atoms with Crippen LogP contribution in [0.4, 0.5) is 27.5 Å². The van der Waals surface area contributed by atoms with Crippen LogP contribution in [0.1, 0.15) is 22.3 Å². The van der Waals surface area contributed by atoms with Crippen LogP contribution in [-0.2, 0) is 20.8 Å². The summed E-state index contributed by atoms with van der Waals surface area (Å²) >= 11 is 6.06. The molecular formula is C28H26ClN5O6. The largest absolute Gasteiger partial charge is 0.481 e.